The molecule has 2 heteroatoms. The van der Waals surface area contributed by atoms with Crippen molar-refractivity contribution < 1.29 is 4.74 Å². The van der Waals surface area contributed by atoms with E-state index in [0.29, 0.717) is 0 Å². The molecule has 2 N–H and O–H groups in total. The van der Waals surface area contributed by atoms with Crippen molar-refractivity contribution in [2.45, 2.75) is 25.3 Å². The van der Waals surface area contributed by atoms with Crippen LogP contribution in [0.1, 0.15) is 17.5 Å². The molecule has 0 fully saturated rings. The lowest BCUT2D eigenvalue weighted by Crippen LogP contribution is -2.23. The van der Waals surface area contributed by atoms with Gasteiger partial charge in [-0.1, -0.05) is 42.5 Å². The molecule has 19 heavy (non-hydrogen) atoms. The molecular formula is C17H21NO. The molecule has 0 aliphatic heterocycles. The molecular weight excluding hydrogens is 234 g/mol. The van der Waals surface area contributed by atoms with Gasteiger partial charge in [-0.3, -0.25) is 0 Å². The van der Waals surface area contributed by atoms with E-state index in [9.17, 15) is 0 Å². The summed E-state index contributed by atoms with van der Waals surface area (Å²) < 4.78 is 5.22. The van der Waals surface area contributed by atoms with Gasteiger partial charge in [0.05, 0.1) is 7.11 Å². The van der Waals surface area contributed by atoms with Gasteiger partial charge in [0.25, 0.3) is 0 Å². The van der Waals surface area contributed by atoms with Crippen molar-refractivity contribution in [2.75, 3.05) is 7.11 Å². The van der Waals surface area contributed by atoms with Crippen LogP contribution in [0.5, 0.6) is 5.75 Å². The fraction of sp³-hybridized carbons (Fsp3) is 0.294. The summed E-state index contributed by atoms with van der Waals surface area (Å²) in [6.45, 7) is 0. The fourth-order valence-electron chi connectivity index (χ4n) is 2.20. The van der Waals surface area contributed by atoms with Crippen LogP contribution in [-0.2, 0) is 12.8 Å². The molecule has 0 aliphatic rings. The molecule has 0 saturated carbocycles. The van der Waals surface area contributed by atoms with Gasteiger partial charge in [-0.15, -0.1) is 0 Å². The maximum Gasteiger partial charge on any atom is 0.119 e. The summed E-state index contributed by atoms with van der Waals surface area (Å²) in [6, 6.07) is 18.8. The van der Waals surface area contributed by atoms with Crippen LogP contribution in [0.15, 0.2) is 54.6 Å². The van der Waals surface area contributed by atoms with Gasteiger partial charge in [-0.2, -0.15) is 0 Å². The Labute approximate surface area is 115 Å². The maximum absolute atomic E-state index is 6.20. The van der Waals surface area contributed by atoms with Crippen molar-refractivity contribution in [3.63, 3.8) is 0 Å². The molecule has 2 rings (SSSR count). The highest BCUT2D eigenvalue weighted by atomic mass is 16.5. The topological polar surface area (TPSA) is 35.2 Å². The largest absolute Gasteiger partial charge is 0.497 e. The molecule has 1 atom stereocenters. The van der Waals surface area contributed by atoms with Gasteiger partial charge in [0.1, 0.15) is 5.75 Å². The Morgan fingerprint density at radius 3 is 2.47 bits per heavy atom. The number of aryl methyl sites for hydroxylation is 1. The van der Waals surface area contributed by atoms with E-state index in [1.54, 1.807) is 7.11 Å². The predicted molar refractivity (Wildman–Crippen MR) is 79.4 cm³/mol. The van der Waals surface area contributed by atoms with E-state index >= 15 is 0 Å². The quantitative estimate of drug-likeness (QED) is 0.860. The first-order valence-electron chi connectivity index (χ1n) is 6.70. The lowest BCUT2D eigenvalue weighted by molar-refractivity contribution is 0.414. The first kappa shape index (κ1) is 13.6. The van der Waals surface area contributed by atoms with Crippen LogP contribution in [0, 0.1) is 0 Å². The van der Waals surface area contributed by atoms with E-state index in [-0.39, 0.29) is 6.04 Å². The SMILES string of the molecule is COc1cccc(CC(N)CCc2ccccc2)c1. The van der Waals surface area contributed by atoms with Crippen molar-refractivity contribution in [1.29, 1.82) is 0 Å². The number of hydrogen-bond donors (Lipinski definition) is 1. The van der Waals surface area contributed by atoms with Crippen molar-refractivity contribution in [3.05, 3.63) is 65.7 Å². The molecule has 0 radical (unpaired) electrons. The molecule has 0 spiro atoms. The first-order chi connectivity index (χ1) is 9.28. The second kappa shape index (κ2) is 6.95. The number of rotatable bonds is 6. The molecule has 2 aromatic carbocycles. The number of nitrogens with two attached hydrogens (primary N) is 1. The molecule has 100 valence electrons. The molecule has 2 nitrogen and oxygen atoms in total. The van der Waals surface area contributed by atoms with E-state index in [2.05, 4.69) is 36.4 Å². The molecule has 2 aromatic rings. The third-order valence-electron chi connectivity index (χ3n) is 3.28. The number of ether oxygens (including phenoxy) is 1. The minimum absolute atomic E-state index is 0.187. The Morgan fingerprint density at radius 1 is 1.00 bits per heavy atom. The molecule has 0 heterocycles. The van der Waals surface area contributed by atoms with Crippen LogP contribution in [0.2, 0.25) is 0 Å². The summed E-state index contributed by atoms with van der Waals surface area (Å²) in [5, 5.41) is 0. The Kier molecular flexibility index (Phi) is 4.99. The van der Waals surface area contributed by atoms with Gasteiger partial charge in [-0.05, 0) is 42.5 Å². The molecule has 0 aromatic heterocycles. The predicted octanol–water partition coefficient (Wildman–Crippen LogP) is 3.20. The minimum Gasteiger partial charge on any atom is -0.497 e. The second-order valence-corrected chi connectivity index (χ2v) is 4.84. The summed E-state index contributed by atoms with van der Waals surface area (Å²) in [7, 11) is 1.69. The monoisotopic (exact) mass is 255 g/mol. The van der Waals surface area contributed by atoms with E-state index in [1.807, 2.05) is 18.2 Å². The number of hydrogen-bond acceptors (Lipinski definition) is 2. The third kappa shape index (κ3) is 4.42. The average Bonchev–Trinajstić information content (AvgIpc) is 2.46. The minimum atomic E-state index is 0.187. The van der Waals surface area contributed by atoms with Crippen LogP contribution in [-0.4, -0.2) is 13.2 Å². The first-order valence-corrected chi connectivity index (χ1v) is 6.70. The Balaban J connectivity index is 1.85. The van der Waals surface area contributed by atoms with Gasteiger partial charge in [0, 0.05) is 6.04 Å². The summed E-state index contributed by atoms with van der Waals surface area (Å²) >= 11 is 0. The molecule has 0 aliphatic carbocycles. The average molecular weight is 255 g/mol. The molecule has 0 bridgehead atoms. The van der Waals surface area contributed by atoms with Crippen LogP contribution >= 0.6 is 0 Å². The van der Waals surface area contributed by atoms with Gasteiger partial charge in [0.2, 0.25) is 0 Å². The Hall–Kier alpha value is -1.80. The molecule has 0 amide bonds. The zero-order valence-electron chi connectivity index (χ0n) is 11.4. The van der Waals surface area contributed by atoms with E-state index < -0.39 is 0 Å². The smallest absolute Gasteiger partial charge is 0.119 e. The van der Waals surface area contributed by atoms with E-state index in [0.717, 1.165) is 25.0 Å². The van der Waals surface area contributed by atoms with Gasteiger partial charge >= 0.3 is 0 Å². The van der Waals surface area contributed by atoms with E-state index in [4.69, 9.17) is 10.5 Å². The standard InChI is InChI=1S/C17H21NO/c1-19-17-9-5-8-15(13-17)12-16(18)11-10-14-6-3-2-4-7-14/h2-9,13,16H,10-12,18H2,1H3. The van der Waals surface area contributed by atoms with Gasteiger partial charge < -0.3 is 10.5 Å². The highest BCUT2D eigenvalue weighted by molar-refractivity contribution is 5.29. The normalized spacial score (nSPS) is 12.1. The van der Waals surface area contributed by atoms with Crippen molar-refractivity contribution in [3.8, 4) is 5.75 Å². The Morgan fingerprint density at radius 2 is 1.74 bits per heavy atom. The van der Waals surface area contributed by atoms with Crippen molar-refractivity contribution >= 4 is 0 Å². The van der Waals surface area contributed by atoms with Crippen LogP contribution in [0.25, 0.3) is 0 Å². The van der Waals surface area contributed by atoms with Gasteiger partial charge in [0.15, 0.2) is 0 Å². The van der Waals surface area contributed by atoms with Crippen LogP contribution in [0.4, 0.5) is 0 Å². The van der Waals surface area contributed by atoms with E-state index in [1.165, 1.54) is 11.1 Å². The zero-order chi connectivity index (χ0) is 13.5. The maximum atomic E-state index is 6.20. The summed E-state index contributed by atoms with van der Waals surface area (Å²) in [6.07, 6.45) is 2.93. The van der Waals surface area contributed by atoms with Crippen molar-refractivity contribution in [1.82, 2.24) is 0 Å². The lowest BCUT2D eigenvalue weighted by atomic mass is 10.00. The zero-order valence-corrected chi connectivity index (χ0v) is 11.4. The number of methoxy groups -OCH3 is 1. The fourth-order valence-corrected chi connectivity index (χ4v) is 2.20. The lowest BCUT2D eigenvalue weighted by Gasteiger charge is -2.12. The number of benzene rings is 2. The second-order valence-electron chi connectivity index (χ2n) is 4.84. The molecule has 1 unspecified atom stereocenters. The van der Waals surface area contributed by atoms with Crippen LogP contribution in [0.3, 0.4) is 0 Å². The summed E-state index contributed by atoms with van der Waals surface area (Å²) in [4.78, 5) is 0. The summed E-state index contributed by atoms with van der Waals surface area (Å²) in [5.41, 5.74) is 8.79. The van der Waals surface area contributed by atoms with Gasteiger partial charge in [-0.25, -0.2) is 0 Å². The summed E-state index contributed by atoms with van der Waals surface area (Å²) in [5.74, 6) is 0.896. The van der Waals surface area contributed by atoms with Crippen molar-refractivity contribution in [2.24, 2.45) is 5.73 Å². The molecule has 0 saturated heterocycles. The van der Waals surface area contributed by atoms with Crippen LogP contribution < -0.4 is 10.5 Å². The highest BCUT2D eigenvalue weighted by Crippen LogP contribution is 2.15. The Bertz CT molecular complexity index is 496. The third-order valence-corrected chi connectivity index (χ3v) is 3.28. The highest BCUT2D eigenvalue weighted by Gasteiger charge is 2.05.